The Kier molecular flexibility index (Phi) is 6.86. The zero-order valence-electron chi connectivity index (χ0n) is 17.0. The predicted octanol–water partition coefficient (Wildman–Crippen LogP) is 5.85. The lowest BCUT2D eigenvalue weighted by Gasteiger charge is -2.22. The molecular formula is C23H24ClF3N2O. The molecule has 0 unspecified atom stereocenters. The Balaban J connectivity index is 1.82. The average Bonchev–Trinajstić information content (AvgIpc) is 2.67. The number of aliphatic imine (C=N–C) groups is 1. The molecule has 3 nitrogen and oxygen atoms in total. The van der Waals surface area contributed by atoms with E-state index in [1.807, 2.05) is 26.0 Å². The van der Waals surface area contributed by atoms with Crippen LogP contribution in [0.3, 0.4) is 0 Å². The van der Waals surface area contributed by atoms with Gasteiger partial charge in [0.15, 0.2) is 0 Å². The minimum atomic E-state index is -4.48. The highest BCUT2D eigenvalue weighted by Crippen LogP contribution is 2.35. The summed E-state index contributed by atoms with van der Waals surface area (Å²) < 4.78 is 40.9. The maximum absolute atomic E-state index is 13.0. The van der Waals surface area contributed by atoms with Gasteiger partial charge in [-0.25, -0.2) is 0 Å². The zero-order valence-corrected chi connectivity index (χ0v) is 17.8. The molecule has 0 spiro atoms. The average molecular weight is 437 g/mol. The molecule has 160 valence electrons. The largest absolute Gasteiger partial charge is 0.417 e. The molecule has 2 aromatic rings. The molecule has 0 bridgehead atoms. The summed E-state index contributed by atoms with van der Waals surface area (Å²) in [5, 5.41) is -0.298. The highest BCUT2D eigenvalue weighted by molar-refractivity contribution is 6.31. The minimum absolute atomic E-state index is 0.0339. The van der Waals surface area contributed by atoms with Crippen LogP contribution in [0.15, 0.2) is 51.8 Å². The molecule has 0 N–H and O–H groups in total. The summed E-state index contributed by atoms with van der Waals surface area (Å²) in [5.41, 5.74) is 3.69. The smallest absolute Gasteiger partial charge is 0.308 e. The van der Waals surface area contributed by atoms with E-state index in [0.29, 0.717) is 25.1 Å². The van der Waals surface area contributed by atoms with Crippen LogP contribution in [0.5, 0.6) is 0 Å². The lowest BCUT2D eigenvalue weighted by Crippen LogP contribution is -2.28. The zero-order chi connectivity index (χ0) is 21.9. The van der Waals surface area contributed by atoms with Crippen LogP contribution in [-0.4, -0.2) is 16.8 Å². The number of aromatic nitrogens is 1. The fourth-order valence-electron chi connectivity index (χ4n) is 3.61. The first-order valence-electron chi connectivity index (χ1n) is 9.92. The first-order valence-corrected chi connectivity index (χ1v) is 10.3. The van der Waals surface area contributed by atoms with E-state index in [-0.39, 0.29) is 10.6 Å². The minimum Gasteiger partial charge on any atom is -0.308 e. The van der Waals surface area contributed by atoms with E-state index in [1.54, 1.807) is 16.7 Å². The maximum Gasteiger partial charge on any atom is 0.417 e. The molecule has 0 aliphatic heterocycles. The molecule has 0 radical (unpaired) electrons. The van der Waals surface area contributed by atoms with Gasteiger partial charge in [-0.2, -0.15) is 13.2 Å². The Morgan fingerprint density at radius 3 is 2.67 bits per heavy atom. The molecule has 1 heterocycles. The Labute approximate surface area is 178 Å². The van der Waals surface area contributed by atoms with Crippen molar-refractivity contribution in [3.8, 4) is 0 Å². The molecule has 0 saturated heterocycles. The lowest BCUT2D eigenvalue weighted by molar-refractivity contribution is -0.137. The van der Waals surface area contributed by atoms with E-state index in [1.165, 1.54) is 6.07 Å². The maximum atomic E-state index is 13.0. The van der Waals surface area contributed by atoms with Crippen molar-refractivity contribution in [3.63, 3.8) is 0 Å². The number of nitrogens with zero attached hydrogens (tertiary/aromatic N) is 2. The molecule has 1 aromatic carbocycles. The van der Waals surface area contributed by atoms with Gasteiger partial charge in [-0.05, 0) is 63.3 Å². The number of hydrogen-bond donors (Lipinski definition) is 0. The van der Waals surface area contributed by atoms with Gasteiger partial charge in [0, 0.05) is 36.1 Å². The third kappa shape index (κ3) is 5.22. The van der Waals surface area contributed by atoms with Gasteiger partial charge in [-0.3, -0.25) is 9.79 Å². The third-order valence-electron chi connectivity index (χ3n) is 5.15. The summed E-state index contributed by atoms with van der Waals surface area (Å²) in [6.45, 7) is 4.89. The Hall–Kier alpha value is -2.34. The van der Waals surface area contributed by atoms with Crippen LogP contribution in [0.25, 0.3) is 0 Å². The van der Waals surface area contributed by atoms with Crippen molar-refractivity contribution < 1.29 is 13.2 Å². The topological polar surface area (TPSA) is 34.4 Å². The van der Waals surface area contributed by atoms with Crippen LogP contribution in [0.4, 0.5) is 13.2 Å². The summed E-state index contributed by atoms with van der Waals surface area (Å²) in [5.74, 6) is 0. The van der Waals surface area contributed by atoms with E-state index in [0.717, 1.165) is 47.9 Å². The van der Waals surface area contributed by atoms with Crippen LogP contribution < -0.4 is 5.56 Å². The number of benzene rings is 1. The number of allylic oxidation sites excluding steroid dienone is 2. The van der Waals surface area contributed by atoms with Crippen molar-refractivity contribution in [3.05, 3.63) is 79.7 Å². The van der Waals surface area contributed by atoms with Crippen LogP contribution >= 0.6 is 11.6 Å². The van der Waals surface area contributed by atoms with Crippen molar-refractivity contribution in [2.75, 3.05) is 6.54 Å². The summed E-state index contributed by atoms with van der Waals surface area (Å²) >= 11 is 5.69. The Bertz CT molecular complexity index is 1050. The van der Waals surface area contributed by atoms with Gasteiger partial charge in [0.2, 0.25) is 0 Å². The van der Waals surface area contributed by atoms with Gasteiger partial charge >= 0.3 is 6.18 Å². The third-order valence-corrected chi connectivity index (χ3v) is 5.48. The van der Waals surface area contributed by atoms with Crippen LogP contribution in [0, 0.1) is 0 Å². The second kappa shape index (κ2) is 9.21. The van der Waals surface area contributed by atoms with Gasteiger partial charge in [-0.1, -0.05) is 29.3 Å². The standard InChI is InChI=1S/C23H24ClF3N2O/c1-15(2)11-13-29-21-5-3-4-20(17(21)7-9-22(29)30)28-12-10-16-6-8-19(24)18(14-16)23(25,26)27/h6-9,11,14H,3-5,10,12-13H2,1-2H3. The fourth-order valence-corrected chi connectivity index (χ4v) is 3.84. The van der Waals surface area contributed by atoms with Gasteiger partial charge in [-0.15, -0.1) is 0 Å². The van der Waals surface area contributed by atoms with E-state index in [9.17, 15) is 18.0 Å². The van der Waals surface area contributed by atoms with Crippen LogP contribution in [-0.2, 0) is 25.6 Å². The van der Waals surface area contributed by atoms with Crippen molar-refractivity contribution in [2.45, 2.75) is 52.3 Å². The highest BCUT2D eigenvalue weighted by Gasteiger charge is 2.33. The van der Waals surface area contributed by atoms with Crippen molar-refractivity contribution in [1.29, 1.82) is 0 Å². The van der Waals surface area contributed by atoms with Crippen molar-refractivity contribution in [2.24, 2.45) is 4.99 Å². The van der Waals surface area contributed by atoms with Gasteiger partial charge in [0.05, 0.1) is 10.6 Å². The summed E-state index contributed by atoms with van der Waals surface area (Å²) in [4.78, 5) is 17.0. The van der Waals surface area contributed by atoms with Gasteiger partial charge in [0.25, 0.3) is 5.56 Å². The van der Waals surface area contributed by atoms with E-state index >= 15 is 0 Å². The van der Waals surface area contributed by atoms with E-state index < -0.39 is 11.7 Å². The number of alkyl halides is 3. The quantitative estimate of drug-likeness (QED) is 0.541. The summed E-state index contributed by atoms with van der Waals surface area (Å²) in [6, 6.07) is 7.36. The number of rotatable bonds is 5. The van der Waals surface area contributed by atoms with Crippen LogP contribution in [0.1, 0.15) is 49.1 Å². The predicted molar refractivity (Wildman–Crippen MR) is 115 cm³/mol. The van der Waals surface area contributed by atoms with Crippen molar-refractivity contribution in [1.82, 2.24) is 4.57 Å². The Morgan fingerprint density at radius 1 is 1.20 bits per heavy atom. The molecular weight excluding hydrogens is 413 g/mol. The second-order valence-electron chi connectivity index (χ2n) is 7.67. The molecule has 30 heavy (non-hydrogen) atoms. The number of fused-ring (bicyclic) bond motifs is 1. The van der Waals surface area contributed by atoms with E-state index in [2.05, 4.69) is 4.99 Å². The molecule has 0 amide bonds. The summed E-state index contributed by atoms with van der Waals surface area (Å²) in [6.07, 6.45) is 0.428. The van der Waals surface area contributed by atoms with E-state index in [4.69, 9.17) is 11.6 Å². The number of halogens is 4. The first-order chi connectivity index (χ1) is 14.2. The normalized spacial score (nSPS) is 15.2. The van der Waals surface area contributed by atoms with Crippen LogP contribution in [0.2, 0.25) is 5.02 Å². The molecule has 3 rings (SSSR count). The molecule has 1 aliphatic carbocycles. The number of pyridine rings is 1. The molecule has 0 saturated carbocycles. The monoisotopic (exact) mass is 436 g/mol. The molecule has 1 aromatic heterocycles. The summed E-state index contributed by atoms with van der Waals surface area (Å²) in [7, 11) is 0. The SMILES string of the molecule is CC(C)=CCn1c2c(ccc1=O)C(=NCCc1ccc(Cl)c(C(F)(F)F)c1)CCC2. The first kappa shape index (κ1) is 22.3. The second-order valence-corrected chi connectivity index (χ2v) is 8.08. The van der Waals surface area contributed by atoms with Gasteiger partial charge < -0.3 is 4.57 Å². The lowest BCUT2D eigenvalue weighted by atomic mass is 9.93. The highest BCUT2D eigenvalue weighted by atomic mass is 35.5. The molecule has 0 atom stereocenters. The molecule has 1 aliphatic rings. The fraction of sp³-hybridized carbons (Fsp3) is 0.391. The Morgan fingerprint density at radius 2 is 1.97 bits per heavy atom. The van der Waals surface area contributed by atoms with Gasteiger partial charge in [0.1, 0.15) is 0 Å². The molecule has 7 heteroatoms. The molecule has 0 fully saturated rings. The van der Waals surface area contributed by atoms with Crippen molar-refractivity contribution >= 4 is 17.3 Å². The number of hydrogen-bond acceptors (Lipinski definition) is 2.